The van der Waals surface area contributed by atoms with Crippen LogP contribution in [0.3, 0.4) is 0 Å². The third-order valence-corrected chi connectivity index (χ3v) is 5.18. The summed E-state index contributed by atoms with van der Waals surface area (Å²) in [6.07, 6.45) is 2.26. The Balaban J connectivity index is 2.01. The summed E-state index contributed by atoms with van der Waals surface area (Å²) in [7, 11) is 0. The number of H-pyrrole nitrogens is 1. The fraction of sp³-hybridized carbons (Fsp3) is 0.435. The van der Waals surface area contributed by atoms with E-state index in [1.165, 1.54) is 5.56 Å². The van der Waals surface area contributed by atoms with E-state index in [4.69, 9.17) is 4.98 Å². The number of hydrogen-bond donors (Lipinski definition) is 3. The predicted molar refractivity (Wildman–Crippen MR) is 119 cm³/mol. The van der Waals surface area contributed by atoms with Crippen LogP contribution in [-0.2, 0) is 0 Å². The van der Waals surface area contributed by atoms with Gasteiger partial charge in [-0.25, -0.2) is 4.98 Å². The number of nitrogens with one attached hydrogen (secondary N) is 2. The smallest absolute Gasteiger partial charge is 0.138 e. The highest BCUT2D eigenvalue weighted by atomic mass is 16.3. The number of aliphatic hydroxyl groups is 1. The molecule has 0 aliphatic heterocycles. The van der Waals surface area contributed by atoms with E-state index >= 15 is 0 Å². The van der Waals surface area contributed by atoms with Crippen molar-refractivity contribution in [2.75, 3.05) is 23.3 Å². The molecule has 0 aliphatic rings. The third-order valence-electron chi connectivity index (χ3n) is 5.18. The Bertz CT molecular complexity index is 897. The van der Waals surface area contributed by atoms with Crippen molar-refractivity contribution >= 4 is 22.4 Å². The second kappa shape index (κ2) is 9.11. The quantitative estimate of drug-likeness (QED) is 0.441. The molecule has 3 aromatic rings. The monoisotopic (exact) mass is 380 g/mol. The first-order valence-corrected chi connectivity index (χ1v) is 10.4. The first-order valence-electron chi connectivity index (χ1n) is 10.4. The average Bonchev–Trinajstić information content (AvgIpc) is 3.10. The number of fused-ring (bicyclic) bond motifs is 1. The molecular formula is C23H32N4O. The molecule has 0 spiro atoms. The van der Waals surface area contributed by atoms with Gasteiger partial charge in [-0.3, -0.25) is 0 Å². The number of rotatable bonds is 9. The van der Waals surface area contributed by atoms with Crippen molar-refractivity contribution in [1.82, 2.24) is 9.97 Å². The van der Waals surface area contributed by atoms with E-state index in [-0.39, 0.29) is 0 Å². The van der Waals surface area contributed by atoms with E-state index in [0.717, 1.165) is 66.1 Å². The first-order chi connectivity index (χ1) is 13.5. The van der Waals surface area contributed by atoms with Gasteiger partial charge in [-0.1, -0.05) is 43.2 Å². The lowest BCUT2D eigenvalue weighted by molar-refractivity contribution is 0.190. The fourth-order valence-corrected chi connectivity index (χ4v) is 3.48. The highest BCUT2D eigenvalue weighted by Crippen LogP contribution is 2.33. The Kier molecular flexibility index (Phi) is 6.57. The highest BCUT2D eigenvalue weighted by molar-refractivity contribution is 5.90. The van der Waals surface area contributed by atoms with E-state index in [1.54, 1.807) is 0 Å². The number of hydrogen-bond acceptors (Lipinski definition) is 4. The summed E-state index contributed by atoms with van der Waals surface area (Å²) in [6.45, 7) is 10.3. The van der Waals surface area contributed by atoms with Gasteiger partial charge in [0.25, 0.3) is 0 Å². The average molecular weight is 381 g/mol. The van der Waals surface area contributed by atoms with E-state index in [2.05, 4.69) is 79.3 Å². The molecule has 5 nitrogen and oxygen atoms in total. The number of aryl methyl sites for hydroxylation is 1. The summed E-state index contributed by atoms with van der Waals surface area (Å²) in [5, 5.41) is 13.7. The third kappa shape index (κ3) is 4.47. The maximum absolute atomic E-state index is 10.4. The van der Waals surface area contributed by atoms with Crippen LogP contribution in [0.1, 0.15) is 45.6 Å². The molecule has 5 heteroatoms. The second-order valence-corrected chi connectivity index (χ2v) is 7.31. The molecule has 2 aromatic carbocycles. The number of aromatic nitrogens is 2. The predicted octanol–water partition coefficient (Wildman–Crippen LogP) is 5.31. The van der Waals surface area contributed by atoms with Crippen LogP contribution in [0.5, 0.6) is 0 Å². The molecule has 150 valence electrons. The zero-order valence-corrected chi connectivity index (χ0v) is 17.4. The lowest BCUT2D eigenvalue weighted by Crippen LogP contribution is -2.25. The number of benzene rings is 2. The van der Waals surface area contributed by atoms with E-state index in [9.17, 15) is 5.11 Å². The Morgan fingerprint density at radius 3 is 2.46 bits per heavy atom. The van der Waals surface area contributed by atoms with E-state index in [1.807, 2.05) is 0 Å². The second-order valence-electron chi connectivity index (χ2n) is 7.31. The maximum Gasteiger partial charge on any atom is 0.138 e. The Labute approximate surface area is 167 Å². The number of nitrogens with zero attached hydrogens (tertiary/aromatic N) is 2. The minimum Gasteiger partial charge on any atom is -0.374 e. The van der Waals surface area contributed by atoms with Crippen molar-refractivity contribution in [3.05, 3.63) is 42.0 Å². The topological polar surface area (TPSA) is 64.2 Å². The Morgan fingerprint density at radius 1 is 1.11 bits per heavy atom. The van der Waals surface area contributed by atoms with Crippen LogP contribution in [0.15, 0.2) is 36.4 Å². The van der Waals surface area contributed by atoms with Crippen LogP contribution in [0.2, 0.25) is 0 Å². The lowest BCUT2D eigenvalue weighted by Gasteiger charge is -2.26. The van der Waals surface area contributed by atoms with Crippen LogP contribution in [0.4, 0.5) is 11.4 Å². The standard InChI is InChI=1S/C23H32N4O/c1-5-8-9-22(28)24-20-14-18-19(15-21(20)27(6-2)7-3)26-23(25-18)17-12-10-16(4)11-13-17/h10-15,22,24,28H,5-9H2,1-4H3,(H,25,26). The van der Waals surface area contributed by atoms with Crippen LogP contribution >= 0.6 is 0 Å². The molecule has 1 atom stereocenters. The minimum atomic E-state index is -0.550. The van der Waals surface area contributed by atoms with Crippen LogP contribution in [-0.4, -0.2) is 34.4 Å². The summed E-state index contributed by atoms with van der Waals surface area (Å²) in [5.41, 5.74) is 6.23. The molecule has 28 heavy (non-hydrogen) atoms. The first kappa shape index (κ1) is 20.2. The summed E-state index contributed by atoms with van der Waals surface area (Å²) >= 11 is 0. The van der Waals surface area contributed by atoms with Gasteiger partial charge in [0.1, 0.15) is 12.1 Å². The van der Waals surface area contributed by atoms with Gasteiger partial charge in [-0.05, 0) is 45.7 Å². The van der Waals surface area contributed by atoms with Gasteiger partial charge < -0.3 is 20.3 Å². The van der Waals surface area contributed by atoms with Gasteiger partial charge in [0, 0.05) is 18.7 Å². The van der Waals surface area contributed by atoms with Crippen molar-refractivity contribution in [3.8, 4) is 11.4 Å². The summed E-state index contributed by atoms with van der Waals surface area (Å²) in [6, 6.07) is 12.6. The summed E-state index contributed by atoms with van der Waals surface area (Å²) < 4.78 is 0. The van der Waals surface area contributed by atoms with Gasteiger partial charge >= 0.3 is 0 Å². The van der Waals surface area contributed by atoms with Crippen molar-refractivity contribution in [2.24, 2.45) is 0 Å². The molecule has 0 fully saturated rings. The number of anilines is 2. The largest absolute Gasteiger partial charge is 0.374 e. The van der Waals surface area contributed by atoms with Gasteiger partial charge in [0.05, 0.1) is 22.4 Å². The molecule has 3 N–H and O–H groups in total. The van der Waals surface area contributed by atoms with Gasteiger partial charge in [0.15, 0.2) is 0 Å². The van der Waals surface area contributed by atoms with Crippen molar-refractivity contribution < 1.29 is 5.11 Å². The molecular weight excluding hydrogens is 348 g/mol. The minimum absolute atomic E-state index is 0.550. The molecule has 1 unspecified atom stereocenters. The molecule has 0 saturated heterocycles. The fourth-order valence-electron chi connectivity index (χ4n) is 3.48. The van der Waals surface area contributed by atoms with Crippen molar-refractivity contribution in [1.29, 1.82) is 0 Å². The van der Waals surface area contributed by atoms with Crippen molar-refractivity contribution in [2.45, 2.75) is 53.2 Å². The van der Waals surface area contributed by atoms with E-state index < -0.39 is 6.23 Å². The summed E-state index contributed by atoms with van der Waals surface area (Å²) in [5.74, 6) is 0.865. The number of aliphatic hydroxyl groups excluding tert-OH is 1. The molecule has 0 aliphatic carbocycles. The Morgan fingerprint density at radius 2 is 1.82 bits per heavy atom. The van der Waals surface area contributed by atoms with Gasteiger partial charge in [-0.15, -0.1) is 0 Å². The number of imidazole rings is 1. The SMILES string of the molecule is CCCCC(O)Nc1cc2[nH]c(-c3ccc(C)cc3)nc2cc1N(CC)CC. The highest BCUT2D eigenvalue weighted by Gasteiger charge is 2.15. The lowest BCUT2D eigenvalue weighted by atomic mass is 10.1. The molecule has 3 rings (SSSR count). The number of unbranched alkanes of at least 4 members (excludes halogenated alkanes) is 1. The molecule has 1 heterocycles. The zero-order valence-electron chi connectivity index (χ0n) is 17.4. The van der Waals surface area contributed by atoms with E-state index in [0.29, 0.717) is 0 Å². The van der Waals surface area contributed by atoms with Crippen LogP contribution in [0, 0.1) is 6.92 Å². The van der Waals surface area contributed by atoms with Crippen molar-refractivity contribution in [3.63, 3.8) is 0 Å². The van der Waals surface area contributed by atoms with Crippen LogP contribution < -0.4 is 10.2 Å². The molecule has 0 bridgehead atoms. The molecule has 0 radical (unpaired) electrons. The molecule has 0 amide bonds. The van der Waals surface area contributed by atoms with Crippen LogP contribution in [0.25, 0.3) is 22.4 Å². The van der Waals surface area contributed by atoms with Gasteiger partial charge in [0.2, 0.25) is 0 Å². The molecule has 0 saturated carbocycles. The number of aromatic amines is 1. The molecule has 1 aromatic heterocycles. The summed E-state index contributed by atoms with van der Waals surface area (Å²) in [4.78, 5) is 10.5. The zero-order chi connectivity index (χ0) is 20.1. The maximum atomic E-state index is 10.4. The van der Waals surface area contributed by atoms with Gasteiger partial charge in [-0.2, -0.15) is 0 Å². The normalized spacial score (nSPS) is 12.3. The Hall–Kier alpha value is -2.53.